The molecule has 0 unspecified atom stereocenters. The molecular formula is C24H20ClFN4O. The van der Waals surface area contributed by atoms with E-state index in [1.807, 2.05) is 47.4 Å². The highest BCUT2D eigenvalue weighted by molar-refractivity contribution is 6.31. The van der Waals surface area contributed by atoms with E-state index in [2.05, 4.69) is 14.9 Å². The van der Waals surface area contributed by atoms with Gasteiger partial charge in [-0.3, -0.25) is 4.79 Å². The van der Waals surface area contributed by atoms with Gasteiger partial charge < -0.3 is 14.8 Å². The average molecular weight is 435 g/mol. The van der Waals surface area contributed by atoms with Gasteiger partial charge in [-0.25, -0.2) is 9.37 Å². The van der Waals surface area contributed by atoms with Crippen molar-refractivity contribution in [3.8, 4) is 11.4 Å². The lowest BCUT2D eigenvalue weighted by Crippen LogP contribution is -2.48. The van der Waals surface area contributed by atoms with E-state index in [0.717, 1.165) is 41.2 Å². The van der Waals surface area contributed by atoms with Crippen LogP contribution in [0.1, 0.15) is 10.4 Å². The monoisotopic (exact) mass is 434 g/mol. The summed E-state index contributed by atoms with van der Waals surface area (Å²) in [6.45, 7) is 2.69. The molecule has 5 nitrogen and oxygen atoms in total. The Kier molecular flexibility index (Phi) is 5.08. The van der Waals surface area contributed by atoms with Crippen molar-refractivity contribution in [3.63, 3.8) is 0 Å². The highest BCUT2D eigenvalue weighted by Crippen LogP contribution is 2.24. The fourth-order valence-corrected chi connectivity index (χ4v) is 4.06. The van der Waals surface area contributed by atoms with E-state index in [1.165, 1.54) is 12.1 Å². The van der Waals surface area contributed by atoms with Crippen molar-refractivity contribution < 1.29 is 9.18 Å². The Morgan fingerprint density at radius 3 is 2.35 bits per heavy atom. The summed E-state index contributed by atoms with van der Waals surface area (Å²) in [6.07, 6.45) is 0. The molecule has 31 heavy (non-hydrogen) atoms. The van der Waals surface area contributed by atoms with Crippen LogP contribution in [-0.2, 0) is 0 Å². The average Bonchev–Trinajstić information content (AvgIpc) is 3.22. The largest absolute Gasteiger partial charge is 0.368 e. The number of halogens is 2. The first-order valence-electron chi connectivity index (χ1n) is 10.1. The highest BCUT2D eigenvalue weighted by Gasteiger charge is 2.22. The van der Waals surface area contributed by atoms with Crippen LogP contribution in [-0.4, -0.2) is 47.0 Å². The number of carbonyl (C=O) groups is 1. The van der Waals surface area contributed by atoms with Crippen LogP contribution in [0.2, 0.25) is 5.02 Å². The number of piperazine rings is 1. The molecule has 5 rings (SSSR count). The molecule has 1 N–H and O–H groups in total. The van der Waals surface area contributed by atoms with Crippen molar-refractivity contribution in [1.29, 1.82) is 0 Å². The van der Waals surface area contributed by atoms with E-state index in [9.17, 15) is 9.18 Å². The Bertz CT molecular complexity index is 1230. The molecule has 0 spiro atoms. The molecule has 7 heteroatoms. The van der Waals surface area contributed by atoms with Gasteiger partial charge >= 0.3 is 0 Å². The van der Waals surface area contributed by atoms with Gasteiger partial charge in [0, 0.05) is 48.0 Å². The van der Waals surface area contributed by atoms with Crippen molar-refractivity contribution in [2.45, 2.75) is 0 Å². The number of aromatic nitrogens is 2. The Morgan fingerprint density at radius 2 is 1.65 bits per heavy atom. The second-order valence-electron chi connectivity index (χ2n) is 7.58. The van der Waals surface area contributed by atoms with Gasteiger partial charge in [0.05, 0.1) is 11.0 Å². The van der Waals surface area contributed by atoms with Crippen molar-refractivity contribution in [2.24, 2.45) is 0 Å². The van der Waals surface area contributed by atoms with Crippen molar-refractivity contribution in [1.82, 2.24) is 14.9 Å². The molecule has 0 bridgehead atoms. The lowest BCUT2D eigenvalue weighted by molar-refractivity contribution is 0.0747. The Hall–Kier alpha value is -3.38. The summed E-state index contributed by atoms with van der Waals surface area (Å²) in [6, 6.07) is 19.5. The Labute approximate surface area is 184 Å². The molecule has 1 aromatic heterocycles. The van der Waals surface area contributed by atoms with Crippen LogP contribution in [0, 0.1) is 5.82 Å². The molecule has 1 amide bonds. The maximum absolute atomic E-state index is 13.1. The SMILES string of the molecule is O=C(c1ccc(-c2nc3ccc(Cl)cc3[nH]2)cc1)N1CCN(c2ccc(F)cc2)CC1. The zero-order valence-electron chi connectivity index (χ0n) is 16.7. The van der Waals surface area contributed by atoms with E-state index >= 15 is 0 Å². The molecule has 0 saturated carbocycles. The summed E-state index contributed by atoms with van der Waals surface area (Å²) in [4.78, 5) is 24.8. The first-order valence-corrected chi connectivity index (χ1v) is 10.5. The summed E-state index contributed by atoms with van der Waals surface area (Å²) in [5.41, 5.74) is 4.26. The van der Waals surface area contributed by atoms with Gasteiger partial charge in [-0.2, -0.15) is 0 Å². The number of nitrogens with one attached hydrogen (secondary N) is 1. The van der Waals surface area contributed by atoms with Gasteiger partial charge in [-0.05, 0) is 54.6 Å². The summed E-state index contributed by atoms with van der Waals surface area (Å²) >= 11 is 6.05. The third-order valence-electron chi connectivity index (χ3n) is 5.61. The van der Waals surface area contributed by atoms with E-state index in [-0.39, 0.29) is 11.7 Å². The number of fused-ring (bicyclic) bond motifs is 1. The number of carbonyl (C=O) groups excluding carboxylic acids is 1. The van der Waals surface area contributed by atoms with E-state index in [0.29, 0.717) is 23.7 Å². The smallest absolute Gasteiger partial charge is 0.253 e. The molecule has 0 radical (unpaired) electrons. The molecule has 0 aliphatic carbocycles. The molecule has 2 heterocycles. The van der Waals surface area contributed by atoms with Gasteiger partial charge in [0.2, 0.25) is 0 Å². The number of aromatic amines is 1. The molecule has 156 valence electrons. The first kappa shape index (κ1) is 19.6. The molecule has 1 aliphatic rings. The molecule has 4 aromatic rings. The van der Waals surface area contributed by atoms with Crippen LogP contribution in [0.5, 0.6) is 0 Å². The number of hydrogen-bond acceptors (Lipinski definition) is 3. The summed E-state index contributed by atoms with van der Waals surface area (Å²) in [5.74, 6) is 0.512. The van der Waals surface area contributed by atoms with E-state index < -0.39 is 0 Å². The third kappa shape index (κ3) is 3.99. The van der Waals surface area contributed by atoms with E-state index in [4.69, 9.17) is 11.6 Å². The maximum Gasteiger partial charge on any atom is 0.253 e. The van der Waals surface area contributed by atoms with Crippen LogP contribution in [0.4, 0.5) is 10.1 Å². The summed E-state index contributed by atoms with van der Waals surface area (Å²) < 4.78 is 13.1. The quantitative estimate of drug-likeness (QED) is 0.494. The van der Waals surface area contributed by atoms with Gasteiger partial charge in [-0.1, -0.05) is 23.7 Å². The standard InChI is InChI=1S/C24H20ClFN4O/c25-18-5-10-21-22(15-18)28-23(27-21)16-1-3-17(4-2-16)24(31)30-13-11-29(12-14-30)20-8-6-19(26)7-9-20/h1-10,15H,11-14H2,(H,27,28). The fourth-order valence-electron chi connectivity index (χ4n) is 3.89. The predicted octanol–water partition coefficient (Wildman–Crippen LogP) is 4.98. The highest BCUT2D eigenvalue weighted by atomic mass is 35.5. The fraction of sp³-hybridized carbons (Fsp3) is 0.167. The van der Waals surface area contributed by atoms with Crippen LogP contribution in [0.25, 0.3) is 22.4 Å². The number of amides is 1. The van der Waals surface area contributed by atoms with Gasteiger partial charge in [0.25, 0.3) is 5.91 Å². The first-order chi connectivity index (χ1) is 15.1. The molecule has 1 aliphatic heterocycles. The van der Waals surface area contributed by atoms with Crippen molar-refractivity contribution in [3.05, 3.63) is 83.1 Å². The van der Waals surface area contributed by atoms with Crippen LogP contribution < -0.4 is 4.90 Å². The minimum Gasteiger partial charge on any atom is -0.368 e. The lowest BCUT2D eigenvalue weighted by atomic mass is 10.1. The number of H-pyrrole nitrogens is 1. The molecule has 1 saturated heterocycles. The molecule has 3 aromatic carbocycles. The Balaban J connectivity index is 1.26. The number of imidazole rings is 1. The number of hydrogen-bond donors (Lipinski definition) is 1. The Morgan fingerprint density at radius 1 is 0.935 bits per heavy atom. The number of rotatable bonds is 3. The van der Waals surface area contributed by atoms with Gasteiger partial charge in [0.15, 0.2) is 0 Å². The number of nitrogens with zero attached hydrogens (tertiary/aromatic N) is 3. The number of benzene rings is 3. The predicted molar refractivity (Wildman–Crippen MR) is 121 cm³/mol. The van der Waals surface area contributed by atoms with Crippen molar-refractivity contribution >= 4 is 34.2 Å². The van der Waals surface area contributed by atoms with Gasteiger partial charge in [0.1, 0.15) is 11.6 Å². The minimum absolute atomic E-state index is 0.0155. The maximum atomic E-state index is 13.1. The van der Waals surface area contributed by atoms with Crippen LogP contribution in [0.3, 0.4) is 0 Å². The second-order valence-corrected chi connectivity index (χ2v) is 8.02. The van der Waals surface area contributed by atoms with Crippen molar-refractivity contribution in [2.75, 3.05) is 31.1 Å². The zero-order chi connectivity index (χ0) is 21.4. The van der Waals surface area contributed by atoms with Crippen LogP contribution >= 0.6 is 11.6 Å². The lowest BCUT2D eigenvalue weighted by Gasteiger charge is -2.36. The molecule has 1 fully saturated rings. The number of anilines is 1. The second kappa shape index (κ2) is 8.04. The van der Waals surface area contributed by atoms with Crippen LogP contribution in [0.15, 0.2) is 66.7 Å². The molecule has 0 atom stereocenters. The van der Waals surface area contributed by atoms with E-state index in [1.54, 1.807) is 12.1 Å². The normalized spacial score (nSPS) is 14.3. The molecular weight excluding hydrogens is 415 g/mol. The minimum atomic E-state index is -0.243. The summed E-state index contributed by atoms with van der Waals surface area (Å²) in [5, 5.41) is 0.656. The van der Waals surface area contributed by atoms with Gasteiger partial charge in [-0.15, -0.1) is 0 Å². The third-order valence-corrected chi connectivity index (χ3v) is 5.84. The topological polar surface area (TPSA) is 52.2 Å². The summed E-state index contributed by atoms with van der Waals surface area (Å²) in [7, 11) is 0. The zero-order valence-corrected chi connectivity index (χ0v) is 17.4.